The van der Waals surface area contributed by atoms with Crippen LogP contribution in [-0.4, -0.2) is 15.8 Å². The van der Waals surface area contributed by atoms with E-state index in [2.05, 4.69) is 9.24 Å². The Morgan fingerprint density at radius 2 is 2.33 bits per heavy atom. The Hall–Kier alpha value is 0.0500. The van der Waals surface area contributed by atoms with Gasteiger partial charge < -0.3 is 10.6 Å². The van der Waals surface area contributed by atoms with Crippen LogP contribution in [0.3, 0.4) is 0 Å². The maximum Gasteiger partial charge on any atom is 0.316 e. The van der Waals surface area contributed by atoms with Crippen molar-refractivity contribution in [2.45, 2.75) is 24.3 Å². The molecule has 1 aliphatic rings. The minimum absolute atomic E-state index is 0.262. The van der Waals surface area contributed by atoms with Crippen LogP contribution < -0.4 is 10.8 Å². The summed E-state index contributed by atoms with van der Waals surface area (Å²) in [4.78, 5) is 20.2. The molecule has 5 nitrogen and oxygen atoms in total. The minimum atomic E-state index is -3.75. The Labute approximate surface area is 72.8 Å². The van der Waals surface area contributed by atoms with Gasteiger partial charge in [0.05, 0.1) is 0 Å². The van der Waals surface area contributed by atoms with Gasteiger partial charge in [-0.05, 0) is 12.8 Å². The van der Waals surface area contributed by atoms with Crippen LogP contribution in [0.5, 0.6) is 0 Å². The lowest BCUT2D eigenvalue weighted by molar-refractivity contribution is -0.119. The van der Waals surface area contributed by atoms with Crippen molar-refractivity contribution in [3.05, 3.63) is 0 Å². The standard InChI is InChI=1S/C5H12N2O3P2/c6-5(11)3-1-2-4(8)7-12(5,9)10/h1-3,6,11H2,(H2,7,8,9,10). The zero-order valence-corrected chi connectivity index (χ0v) is 8.54. The van der Waals surface area contributed by atoms with E-state index in [4.69, 9.17) is 5.73 Å². The minimum Gasteiger partial charge on any atom is -0.328 e. The third kappa shape index (κ3) is 1.86. The van der Waals surface area contributed by atoms with E-state index < -0.39 is 18.4 Å². The molecule has 0 aromatic rings. The fraction of sp³-hybridized carbons (Fsp3) is 0.800. The number of nitrogens with two attached hydrogens (primary N) is 1. The van der Waals surface area contributed by atoms with Gasteiger partial charge in [-0.25, -0.2) is 0 Å². The van der Waals surface area contributed by atoms with Gasteiger partial charge in [-0.15, -0.1) is 9.24 Å². The molecule has 3 unspecified atom stereocenters. The molecule has 12 heavy (non-hydrogen) atoms. The highest BCUT2D eigenvalue weighted by atomic mass is 31.2. The third-order valence-corrected chi connectivity index (χ3v) is 5.06. The Morgan fingerprint density at radius 3 is 2.92 bits per heavy atom. The maximum atomic E-state index is 11.4. The molecule has 1 aliphatic heterocycles. The lowest BCUT2D eigenvalue weighted by Crippen LogP contribution is -2.36. The van der Waals surface area contributed by atoms with Crippen LogP contribution in [0.4, 0.5) is 0 Å². The summed E-state index contributed by atoms with van der Waals surface area (Å²) < 4.78 is 11.4. The van der Waals surface area contributed by atoms with Crippen molar-refractivity contribution in [2.24, 2.45) is 5.73 Å². The van der Waals surface area contributed by atoms with Gasteiger partial charge in [-0.2, -0.15) is 0 Å². The summed E-state index contributed by atoms with van der Waals surface area (Å²) in [6, 6.07) is 0. The van der Waals surface area contributed by atoms with Crippen LogP contribution in [0.25, 0.3) is 0 Å². The molecule has 0 radical (unpaired) electrons. The first kappa shape index (κ1) is 10.1. The van der Waals surface area contributed by atoms with Gasteiger partial charge in [0.2, 0.25) is 5.91 Å². The molecule has 70 valence electrons. The van der Waals surface area contributed by atoms with Crippen molar-refractivity contribution in [1.29, 1.82) is 0 Å². The first-order valence-corrected chi connectivity index (χ1v) is 5.81. The van der Waals surface area contributed by atoms with E-state index in [1.165, 1.54) is 0 Å². The average molecular weight is 210 g/mol. The summed E-state index contributed by atoms with van der Waals surface area (Å²) in [7, 11) is -1.62. The molecule has 0 aliphatic carbocycles. The van der Waals surface area contributed by atoms with Gasteiger partial charge in [-0.3, -0.25) is 14.4 Å². The number of amides is 1. The molecule has 1 rings (SSSR count). The van der Waals surface area contributed by atoms with E-state index >= 15 is 0 Å². The number of carbonyl (C=O) groups excluding carboxylic acids is 1. The van der Waals surface area contributed by atoms with Gasteiger partial charge in [0.1, 0.15) is 5.02 Å². The van der Waals surface area contributed by atoms with Gasteiger partial charge in [0, 0.05) is 6.42 Å². The van der Waals surface area contributed by atoms with Crippen LogP contribution in [0, 0.1) is 0 Å². The zero-order chi connectivity index (χ0) is 9.41. The van der Waals surface area contributed by atoms with Crippen molar-refractivity contribution in [3.63, 3.8) is 0 Å². The second kappa shape index (κ2) is 3.08. The second-order valence-corrected chi connectivity index (χ2v) is 6.68. The number of nitrogens with one attached hydrogen (secondary N) is 1. The number of hydrogen-bond acceptors (Lipinski definition) is 3. The van der Waals surface area contributed by atoms with Gasteiger partial charge in [0.15, 0.2) is 0 Å². The van der Waals surface area contributed by atoms with Crippen molar-refractivity contribution in [1.82, 2.24) is 5.09 Å². The summed E-state index contributed by atoms with van der Waals surface area (Å²) in [5.41, 5.74) is 5.55. The van der Waals surface area contributed by atoms with E-state index in [0.717, 1.165) is 0 Å². The first-order chi connectivity index (χ1) is 5.35. The van der Waals surface area contributed by atoms with Gasteiger partial charge in [0.25, 0.3) is 0 Å². The Bertz CT molecular complexity index is 253. The fourth-order valence-corrected chi connectivity index (χ4v) is 2.53. The Morgan fingerprint density at radius 1 is 1.75 bits per heavy atom. The average Bonchev–Trinajstić information content (AvgIpc) is 1.90. The largest absolute Gasteiger partial charge is 0.328 e. The highest BCUT2D eigenvalue weighted by Gasteiger charge is 2.43. The summed E-state index contributed by atoms with van der Waals surface area (Å²) in [5.74, 6) is -0.407. The number of carbonyl (C=O) groups is 1. The maximum absolute atomic E-state index is 11.4. The van der Waals surface area contributed by atoms with E-state index in [-0.39, 0.29) is 6.42 Å². The van der Waals surface area contributed by atoms with Gasteiger partial charge >= 0.3 is 7.52 Å². The fourth-order valence-electron chi connectivity index (χ4n) is 1.01. The van der Waals surface area contributed by atoms with E-state index in [1.54, 1.807) is 0 Å². The van der Waals surface area contributed by atoms with E-state index in [0.29, 0.717) is 12.8 Å². The molecule has 1 saturated heterocycles. The predicted octanol–water partition coefficient (Wildman–Crippen LogP) is -0.0405. The predicted molar refractivity (Wildman–Crippen MR) is 48.4 cm³/mol. The Balaban J connectivity index is 2.93. The van der Waals surface area contributed by atoms with Crippen molar-refractivity contribution in [2.75, 3.05) is 0 Å². The molecule has 0 spiro atoms. The highest BCUT2D eigenvalue weighted by Crippen LogP contribution is 2.55. The van der Waals surface area contributed by atoms with Gasteiger partial charge in [-0.1, -0.05) is 0 Å². The van der Waals surface area contributed by atoms with Crippen LogP contribution in [0.15, 0.2) is 0 Å². The zero-order valence-electron chi connectivity index (χ0n) is 6.49. The molecular weight excluding hydrogens is 198 g/mol. The van der Waals surface area contributed by atoms with Crippen LogP contribution in [0.1, 0.15) is 19.3 Å². The molecule has 4 N–H and O–H groups in total. The van der Waals surface area contributed by atoms with Crippen LogP contribution in [0.2, 0.25) is 0 Å². The molecule has 0 aromatic heterocycles. The van der Waals surface area contributed by atoms with Crippen molar-refractivity contribution >= 4 is 22.7 Å². The normalized spacial score (nSPS) is 43.4. The summed E-state index contributed by atoms with van der Waals surface area (Å²) in [6.07, 6.45) is 1.15. The molecule has 1 fully saturated rings. The van der Waals surface area contributed by atoms with Crippen LogP contribution in [-0.2, 0) is 9.36 Å². The quantitative estimate of drug-likeness (QED) is 0.489. The molecule has 0 bridgehead atoms. The topological polar surface area (TPSA) is 92.4 Å². The molecule has 0 aromatic carbocycles. The molecule has 1 heterocycles. The van der Waals surface area contributed by atoms with Crippen molar-refractivity contribution in [3.8, 4) is 0 Å². The Kier molecular flexibility index (Phi) is 2.60. The molecule has 7 heteroatoms. The molecule has 0 saturated carbocycles. The van der Waals surface area contributed by atoms with Crippen LogP contribution >= 0.6 is 16.8 Å². The summed E-state index contributed by atoms with van der Waals surface area (Å²) in [6.45, 7) is 0. The number of rotatable bonds is 0. The summed E-state index contributed by atoms with van der Waals surface area (Å²) in [5, 5.41) is 0.770. The van der Waals surface area contributed by atoms with E-state index in [1.807, 2.05) is 5.09 Å². The smallest absolute Gasteiger partial charge is 0.316 e. The first-order valence-electron chi connectivity index (χ1n) is 3.57. The second-order valence-electron chi connectivity index (χ2n) is 2.96. The molecule has 3 atom stereocenters. The highest BCUT2D eigenvalue weighted by molar-refractivity contribution is 7.65. The van der Waals surface area contributed by atoms with E-state index in [9.17, 15) is 14.3 Å². The SMILES string of the molecule is NC1(P)CCCC(=O)NP1(=O)O. The third-order valence-electron chi connectivity index (χ3n) is 1.82. The molecular formula is C5H12N2O3P2. The monoisotopic (exact) mass is 210 g/mol. The number of hydrogen-bond donors (Lipinski definition) is 3. The summed E-state index contributed by atoms with van der Waals surface area (Å²) >= 11 is 0. The molecule has 1 amide bonds. The lowest BCUT2D eigenvalue weighted by Gasteiger charge is -2.26. The van der Waals surface area contributed by atoms with Crippen molar-refractivity contribution < 1.29 is 14.3 Å². The lowest BCUT2D eigenvalue weighted by atomic mass is 10.2.